The van der Waals surface area contributed by atoms with Crippen LogP contribution in [0.5, 0.6) is 0 Å². The Morgan fingerprint density at radius 3 is 2.29 bits per heavy atom. The molecule has 160 valence electrons. The monoisotopic (exact) mass is 420 g/mol. The fourth-order valence-electron chi connectivity index (χ4n) is 3.88. The van der Waals surface area contributed by atoms with Crippen LogP contribution in [0.15, 0.2) is 54.6 Å². The van der Waals surface area contributed by atoms with Gasteiger partial charge in [-0.25, -0.2) is 9.07 Å². The average molecular weight is 420 g/mol. The van der Waals surface area contributed by atoms with Crippen LogP contribution in [0.1, 0.15) is 51.4 Å². The van der Waals surface area contributed by atoms with Crippen molar-refractivity contribution in [2.24, 2.45) is 0 Å². The van der Waals surface area contributed by atoms with Gasteiger partial charge in [0.25, 0.3) is 11.8 Å². The lowest BCUT2D eigenvalue weighted by Crippen LogP contribution is -2.35. The molecule has 4 rings (SSSR count). The van der Waals surface area contributed by atoms with Gasteiger partial charge in [0.1, 0.15) is 5.82 Å². The molecule has 1 heterocycles. The first kappa shape index (κ1) is 20.8. The number of halogens is 1. The summed E-state index contributed by atoms with van der Waals surface area (Å²) in [7, 11) is 0. The van der Waals surface area contributed by atoms with Crippen LogP contribution in [0.2, 0.25) is 0 Å². The number of hydrogen-bond acceptors (Lipinski definition) is 3. The van der Waals surface area contributed by atoms with E-state index in [1.165, 1.54) is 12.1 Å². The molecule has 31 heavy (non-hydrogen) atoms. The Hall–Kier alpha value is -3.48. The van der Waals surface area contributed by atoms with Gasteiger partial charge in [-0.05, 0) is 62.1 Å². The third-order valence-electron chi connectivity index (χ3n) is 5.45. The summed E-state index contributed by atoms with van der Waals surface area (Å²) in [4.78, 5) is 25.0. The van der Waals surface area contributed by atoms with Gasteiger partial charge in [-0.15, -0.1) is 0 Å². The Morgan fingerprint density at radius 1 is 0.871 bits per heavy atom. The van der Waals surface area contributed by atoms with Crippen molar-refractivity contribution in [1.82, 2.24) is 20.4 Å². The first-order valence-corrected chi connectivity index (χ1v) is 10.6. The van der Waals surface area contributed by atoms with Crippen LogP contribution in [0.25, 0.3) is 5.69 Å². The Bertz CT molecular complexity index is 1060. The van der Waals surface area contributed by atoms with Gasteiger partial charge in [0, 0.05) is 29.9 Å². The SMILES string of the molecule is O=C(NCCNC(=O)c1nn(-c2ccc(F)cc2)c2c1CCCCC2)c1ccccc1. The number of nitrogens with zero attached hydrogens (tertiary/aromatic N) is 2. The highest BCUT2D eigenvalue weighted by Gasteiger charge is 2.24. The zero-order valence-electron chi connectivity index (χ0n) is 17.2. The average Bonchev–Trinajstić information content (AvgIpc) is 2.98. The number of nitrogens with one attached hydrogen (secondary N) is 2. The van der Waals surface area contributed by atoms with Crippen LogP contribution in [0.4, 0.5) is 4.39 Å². The summed E-state index contributed by atoms with van der Waals surface area (Å²) in [6, 6.07) is 15.1. The summed E-state index contributed by atoms with van der Waals surface area (Å²) in [5.41, 5.74) is 3.72. The second-order valence-electron chi connectivity index (χ2n) is 7.60. The fraction of sp³-hybridized carbons (Fsp3) is 0.292. The van der Waals surface area contributed by atoms with E-state index in [2.05, 4.69) is 15.7 Å². The molecule has 0 atom stereocenters. The number of fused-ring (bicyclic) bond motifs is 1. The second kappa shape index (κ2) is 9.55. The summed E-state index contributed by atoms with van der Waals surface area (Å²) in [5, 5.41) is 10.2. The minimum absolute atomic E-state index is 0.177. The van der Waals surface area contributed by atoms with Gasteiger partial charge in [0.15, 0.2) is 5.69 Å². The standard InChI is InChI=1S/C24H25FN4O2/c25-18-11-13-19(14-12-18)29-21-10-6-2-5-9-20(21)22(28-29)24(31)27-16-15-26-23(30)17-7-3-1-4-8-17/h1,3-4,7-8,11-14H,2,5-6,9-10,15-16H2,(H,26,30)(H,27,31). The van der Waals surface area contributed by atoms with E-state index in [1.807, 2.05) is 6.07 Å². The lowest BCUT2D eigenvalue weighted by atomic mass is 10.1. The highest BCUT2D eigenvalue weighted by molar-refractivity contribution is 5.95. The molecule has 6 nitrogen and oxygen atoms in total. The third kappa shape index (κ3) is 4.82. The number of rotatable bonds is 6. The fourth-order valence-corrected chi connectivity index (χ4v) is 3.88. The Labute approximate surface area is 180 Å². The lowest BCUT2D eigenvalue weighted by molar-refractivity contribution is 0.0924. The molecule has 0 spiro atoms. The van der Waals surface area contributed by atoms with Crippen molar-refractivity contribution < 1.29 is 14.0 Å². The van der Waals surface area contributed by atoms with Gasteiger partial charge in [-0.2, -0.15) is 5.10 Å². The summed E-state index contributed by atoms with van der Waals surface area (Å²) in [6.07, 6.45) is 4.77. The summed E-state index contributed by atoms with van der Waals surface area (Å²) >= 11 is 0. The van der Waals surface area contributed by atoms with E-state index >= 15 is 0 Å². The zero-order chi connectivity index (χ0) is 21.6. The molecule has 0 saturated carbocycles. The number of hydrogen-bond donors (Lipinski definition) is 2. The number of amides is 2. The van der Waals surface area contributed by atoms with Crippen molar-refractivity contribution in [3.8, 4) is 5.69 Å². The van der Waals surface area contributed by atoms with Gasteiger partial charge in [0.2, 0.25) is 0 Å². The Kier molecular flexibility index (Phi) is 6.40. The third-order valence-corrected chi connectivity index (χ3v) is 5.45. The summed E-state index contributed by atoms with van der Waals surface area (Å²) in [5.74, 6) is -0.741. The lowest BCUT2D eigenvalue weighted by Gasteiger charge is -2.07. The molecule has 0 radical (unpaired) electrons. The summed E-state index contributed by atoms with van der Waals surface area (Å²) < 4.78 is 15.1. The van der Waals surface area contributed by atoms with Crippen LogP contribution >= 0.6 is 0 Å². The van der Waals surface area contributed by atoms with E-state index in [1.54, 1.807) is 41.1 Å². The predicted octanol–water partition coefficient (Wildman–Crippen LogP) is 3.44. The molecule has 2 N–H and O–H groups in total. The number of benzene rings is 2. The first-order valence-electron chi connectivity index (χ1n) is 10.6. The molecule has 0 fully saturated rings. The largest absolute Gasteiger partial charge is 0.350 e. The molecule has 0 unspecified atom stereocenters. The minimum atomic E-state index is -0.308. The smallest absolute Gasteiger partial charge is 0.272 e. The maximum Gasteiger partial charge on any atom is 0.272 e. The topological polar surface area (TPSA) is 76.0 Å². The summed E-state index contributed by atoms with van der Waals surface area (Å²) in [6.45, 7) is 0.621. The van der Waals surface area contributed by atoms with Gasteiger partial charge < -0.3 is 10.6 Å². The van der Waals surface area contributed by atoms with E-state index in [9.17, 15) is 14.0 Å². The first-order chi connectivity index (χ1) is 15.1. The minimum Gasteiger partial charge on any atom is -0.350 e. The van der Waals surface area contributed by atoms with Crippen LogP contribution in [0.3, 0.4) is 0 Å². The molecule has 1 aliphatic rings. The van der Waals surface area contributed by atoms with Crippen molar-refractivity contribution in [3.63, 3.8) is 0 Å². The molecule has 7 heteroatoms. The van der Waals surface area contributed by atoms with Crippen LogP contribution in [-0.4, -0.2) is 34.7 Å². The molecule has 2 aromatic carbocycles. The number of carbonyl (C=O) groups excluding carboxylic acids is 2. The Balaban J connectivity index is 1.45. The maximum absolute atomic E-state index is 13.4. The van der Waals surface area contributed by atoms with E-state index in [-0.39, 0.29) is 17.6 Å². The van der Waals surface area contributed by atoms with Gasteiger partial charge in [-0.1, -0.05) is 24.6 Å². The molecule has 2 amide bonds. The molecular formula is C24H25FN4O2. The highest BCUT2D eigenvalue weighted by Crippen LogP contribution is 2.26. The van der Waals surface area contributed by atoms with E-state index in [0.717, 1.165) is 49.0 Å². The molecule has 3 aromatic rings. The Morgan fingerprint density at radius 2 is 1.55 bits per heavy atom. The van der Waals surface area contributed by atoms with Gasteiger partial charge in [-0.3, -0.25) is 9.59 Å². The van der Waals surface area contributed by atoms with Crippen molar-refractivity contribution in [3.05, 3.63) is 82.9 Å². The second-order valence-corrected chi connectivity index (χ2v) is 7.60. The molecule has 0 saturated heterocycles. The highest BCUT2D eigenvalue weighted by atomic mass is 19.1. The molecular weight excluding hydrogens is 395 g/mol. The maximum atomic E-state index is 13.4. The van der Waals surface area contributed by atoms with E-state index < -0.39 is 0 Å². The zero-order valence-corrected chi connectivity index (χ0v) is 17.2. The van der Waals surface area contributed by atoms with Crippen molar-refractivity contribution >= 4 is 11.8 Å². The molecule has 1 aliphatic carbocycles. The molecule has 0 bridgehead atoms. The number of carbonyl (C=O) groups is 2. The van der Waals surface area contributed by atoms with Gasteiger partial charge >= 0.3 is 0 Å². The van der Waals surface area contributed by atoms with Crippen molar-refractivity contribution in [2.45, 2.75) is 32.1 Å². The predicted molar refractivity (Wildman–Crippen MR) is 116 cm³/mol. The quantitative estimate of drug-likeness (QED) is 0.474. The van der Waals surface area contributed by atoms with Gasteiger partial charge in [0.05, 0.1) is 5.69 Å². The van der Waals surface area contributed by atoms with Crippen LogP contribution in [0, 0.1) is 5.82 Å². The molecule has 0 aliphatic heterocycles. The van der Waals surface area contributed by atoms with Crippen LogP contribution < -0.4 is 10.6 Å². The van der Waals surface area contributed by atoms with E-state index in [4.69, 9.17) is 0 Å². The van der Waals surface area contributed by atoms with Crippen molar-refractivity contribution in [1.29, 1.82) is 0 Å². The molecule has 1 aromatic heterocycles. The van der Waals surface area contributed by atoms with Crippen molar-refractivity contribution in [2.75, 3.05) is 13.1 Å². The van der Waals surface area contributed by atoms with E-state index in [0.29, 0.717) is 24.3 Å². The van der Waals surface area contributed by atoms with Crippen LogP contribution in [-0.2, 0) is 12.8 Å². The number of aromatic nitrogens is 2. The normalized spacial score (nSPS) is 13.2.